The van der Waals surface area contributed by atoms with E-state index in [-0.39, 0.29) is 24.0 Å². The summed E-state index contributed by atoms with van der Waals surface area (Å²) in [5.74, 6) is 1.50. The number of guanidine groups is 1. The van der Waals surface area contributed by atoms with E-state index in [0.29, 0.717) is 18.0 Å². The Morgan fingerprint density at radius 2 is 1.74 bits per heavy atom. The third-order valence-electron chi connectivity index (χ3n) is 3.42. The molecule has 1 atom stereocenters. The molecule has 0 aliphatic heterocycles. The highest BCUT2D eigenvalue weighted by atomic mass is 127. The SMILES string of the molecule is CCN(CCNC(=NC)NC(C)C(C)C)C(C)C.I. The summed E-state index contributed by atoms with van der Waals surface area (Å²) < 4.78 is 0. The second-order valence-corrected chi connectivity index (χ2v) is 5.40. The van der Waals surface area contributed by atoms with Crippen LogP contribution >= 0.6 is 24.0 Å². The van der Waals surface area contributed by atoms with Gasteiger partial charge in [-0.2, -0.15) is 0 Å². The monoisotopic (exact) mass is 384 g/mol. The molecule has 0 aromatic heterocycles. The van der Waals surface area contributed by atoms with Crippen LogP contribution in [0.4, 0.5) is 0 Å². The molecule has 1 unspecified atom stereocenters. The van der Waals surface area contributed by atoms with Crippen molar-refractivity contribution < 1.29 is 0 Å². The number of likely N-dealkylation sites (N-methyl/N-ethyl adjacent to an activating group) is 1. The van der Waals surface area contributed by atoms with Gasteiger partial charge in [-0.25, -0.2) is 0 Å². The predicted octanol–water partition coefficient (Wildman–Crippen LogP) is 2.54. The predicted molar refractivity (Wildman–Crippen MR) is 96.6 cm³/mol. The van der Waals surface area contributed by atoms with E-state index in [2.05, 4.69) is 62.1 Å². The van der Waals surface area contributed by atoms with Crippen LogP contribution in [0.15, 0.2) is 4.99 Å². The first-order valence-electron chi connectivity index (χ1n) is 7.13. The largest absolute Gasteiger partial charge is 0.355 e. The molecule has 5 heteroatoms. The normalized spacial score (nSPS) is 13.7. The zero-order valence-electron chi connectivity index (χ0n) is 13.7. The molecule has 0 fully saturated rings. The van der Waals surface area contributed by atoms with Gasteiger partial charge in [0.05, 0.1) is 0 Å². The van der Waals surface area contributed by atoms with Crippen molar-refractivity contribution in [1.29, 1.82) is 0 Å². The van der Waals surface area contributed by atoms with Crippen LogP contribution in [0.2, 0.25) is 0 Å². The van der Waals surface area contributed by atoms with Crippen LogP contribution in [0.5, 0.6) is 0 Å². The summed E-state index contributed by atoms with van der Waals surface area (Å²) in [6.07, 6.45) is 0. The van der Waals surface area contributed by atoms with Crippen LogP contribution in [-0.2, 0) is 0 Å². The molecule has 0 aromatic carbocycles. The van der Waals surface area contributed by atoms with Crippen LogP contribution in [0.3, 0.4) is 0 Å². The fourth-order valence-corrected chi connectivity index (χ4v) is 1.68. The molecule has 0 aromatic rings. The molecule has 0 aliphatic carbocycles. The molecular weight excluding hydrogens is 351 g/mol. The van der Waals surface area contributed by atoms with Gasteiger partial charge in [-0.1, -0.05) is 20.8 Å². The van der Waals surface area contributed by atoms with Crippen molar-refractivity contribution in [3.63, 3.8) is 0 Å². The van der Waals surface area contributed by atoms with Crippen molar-refractivity contribution in [3.05, 3.63) is 0 Å². The Morgan fingerprint density at radius 3 is 2.11 bits per heavy atom. The molecule has 19 heavy (non-hydrogen) atoms. The maximum Gasteiger partial charge on any atom is 0.191 e. The summed E-state index contributed by atoms with van der Waals surface area (Å²) in [6.45, 7) is 16.3. The first-order valence-corrected chi connectivity index (χ1v) is 7.13. The average Bonchev–Trinajstić information content (AvgIpc) is 2.32. The first-order chi connectivity index (χ1) is 8.42. The average molecular weight is 384 g/mol. The van der Waals surface area contributed by atoms with Crippen molar-refractivity contribution in [1.82, 2.24) is 15.5 Å². The first kappa shape index (κ1) is 21.3. The number of hydrogen-bond acceptors (Lipinski definition) is 2. The molecule has 0 amide bonds. The molecule has 0 bridgehead atoms. The topological polar surface area (TPSA) is 39.7 Å². The van der Waals surface area contributed by atoms with Gasteiger partial charge in [0.2, 0.25) is 0 Å². The highest BCUT2D eigenvalue weighted by Gasteiger charge is 2.10. The van der Waals surface area contributed by atoms with Gasteiger partial charge in [0, 0.05) is 32.2 Å². The maximum atomic E-state index is 4.25. The van der Waals surface area contributed by atoms with Gasteiger partial charge in [-0.3, -0.25) is 9.89 Å². The van der Waals surface area contributed by atoms with Gasteiger partial charge in [0.15, 0.2) is 5.96 Å². The van der Waals surface area contributed by atoms with Gasteiger partial charge in [-0.15, -0.1) is 24.0 Å². The fraction of sp³-hybridized carbons (Fsp3) is 0.929. The molecule has 0 saturated heterocycles. The molecule has 4 nitrogen and oxygen atoms in total. The number of rotatable bonds is 7. The zero-order chi connectivity index (χ0) is 14.1. The molecule has 0 aliphatic rings. The Hall–Kier alpha value is -0.0400. The fourth-order valence-electron chi connectivity index (χ4n) is 1.68. The lowest BCUT2D eigenvalue weighted by Crippen LogP contribution is -2.47. The maximum absolute atomic E-state index is 4.25. The molecule has 0 saturated carbocycles. The van der Waals surface area contributed by atoms with Crippen LogP contribution in [0.1, 0.15) is 41.5 Å². The minimum atomic E-state index is 0. The van der Waals surface area contributed by atoms with E-state index in [4.69, 9.17) is 0 Å². The standard InChI is InChI=1S/C14H32N4.HI/c1-8-18(12(4)5)10-9-16-14(15-7)17-13(6)11(2)3;/h11-13H,8-10H2,1-7H3,(H2,15,16,17);1H. The minimum Gasteiger partial charge on any atom is -0.355 e. The number of hydrogen-bond donors (Lipinski definition) is 2. The second kappa shape index (κ2) is 11.8. The lowest BCUT2D eigenvalue weighted by atomic mass is 10.1. The molecular formula is C14H33IN4. The van der Waals surface area contributed by atoms with E-state index in [9.17, 15) is 0 Å². The Morgan fingerprint density at radius 1 is 1.16 bits per heavy atom. The summed E-state index contributed by atoms with van der Waals surface area (Å²) in [5, 5.41) is 6.78. The molecule has 0 rings (SSSR count). The van der Waals surface area contributed by atoms with Crippen molar-refractivity contribution in [3.8, 4) is 0 Å². The number of halogens is 1. The van der Waals surface area contributed by atoms with E-state index in [1.807, 2.05) is 7.05 Å². The van der Waals surface area contributed by atoms with E-state index in [1.54, 1.807) is 0 Å². The summed E-state index contributed by atoms with van der Waals surface area (Å²) in [7, 11) is 1.82. The Kier molecular flexibility index (Phi) is 13.2. The Bertz CT molecular complexity index is 242. The molecule has 0 spiro atoms. The van der Waals surface area contributed by atoms with Crippen LogP contribution < -0.4 is 10.6 Å². The smallest absolute Gasteiger partial charge is 0.191 e. The highest BCUT2D eigenvalue weighted by Crippen LogP contribution is 1.99. The summed E-state index contributed by atoms with van der Waals surface area (Å²) in [6, 6.07) is 1.03. The van der Waals surface area contributed by atoms with Gasteiger partial charge >= 0.3 is 0 Å². The third-order valence-corrected chi connectivity index (χ3v) is 3.42. The Labute approximate surface area is 136 Å². The third kappa shape index (κ3) is 9.49. The van der Waals surface area contributed by atoms with Crippen LogP contribution in [0, 0.1) is 5.92 Å². The van der Waals surface area contributed by atoms with Gasteiger partial charge in [0.1, 0.15) is 0 Å². The van der Waals surface area contributed by atoms with Gasteiger partial charge in [-0.05, 0) is 33.2 Å². The van der Waals surface area contributed by atoms with Gasteiger partial charge < -0.3 is 10.6 Å². The molecule has 116 valence electrons. The van der Waals surface area contributed by atoms with Crippen molar-refractivity contribution in [2.24, 2.45) is 10.9 Å². The summed E-state index contributed by atoms with van der Waals surface area (Å²) in [5.41, 5.74) is 0. The molecule has 2 N–H and O–H groups in total. The number of aliphatic imine (C=N–C) groups is 1. The summed E-state index contributed by atoms with van der Waals surface area (Å²) in [4.78, 5) is 6.69. The van der Waals surface area contributed by atoms with Crippen molar-refractivity contribution in [2.75, 3.05) is 26.7 Å². The number of nitrogens with zero attached hydrogens (tertiary/aromatic N) is 2. The second-order valence-electron chi connectivity index (χ2n) is 5.40. The van der Waals surface area contributed by atoms with Crippen molar-refractivity contribution >= 4 is 29.9 Å². The van der Waals surface area contributed by atoms with E-state index in [0.717, 1.165) is 25.6 Å². The zero-order valence-corrected chi connectivity index (χ0v) is 16.0. The number of nitrogens with one attached hydrogen (secondary N) is 2. The quantitative estimate of drug-likeness (QED) is 0.403. The highest BCUT2D eigenvalue weighted by molar-refractivity contribution is 14.0. The lowest BCUT2D eigenvalue weighted by Gasteiger charge is -2.26. The van der Waals surface area contributed by atoms with E-state index >= 15 is 0 Å². The van der Waals surface area contributed by atoms with Crippen LogP contribution in [0.25, 0.3) is 0 Å². The van der Waals surface area contributed by atoms with E-state index in [1.165, 1.54) is 0 Å². The van der Waals surface area contributed by atoms with Gasteiger partial charge in [0.25, 0.3) is 0 Å². The van der Waals surface area contributed by atoms with Crippen LogP contribution in [-0.4, -0.2) is 49.6 Å². The molecule has 0 radical (unpaired) electrons. The summed E-state index contributed by atoms with van der Waals surface area (Å²) >= 11 is 0. The van der Waals surface area contributed by atoms with Crippen molar-refractivity contribution in [2.45, 2.75) is 53.6 Å². The van der Waals surface area contributed by atoms with E-state index < -0.39 is 0 Å². The lowest BCUT2D eigenvalue weighted by molar-refractivity contribution is 0.237. The Balaban J connectivity index is 0. The minimum absolute atomic E-state index is 0. The molecule has 0 heterocycles.